The molecule has 0 bridgehead atoms. The van der Waals surface area contributed by atoms with Gasteiger partial charge in [0.15, 0.2) is 5.69 Å². The quantitative estimate of drug-likeness (QED) is 0.424. The van der Waals surface area contributed by atoms with Gasteiger partial charge >= 0.3 is 11.5 Å². The molecule has 9 nitrogen and oxygen atoms in total. The van der Waals surface area contributed by atoms with Crippen molar-refractivity contribution in [1.82, 2.24) is 14.8 Å². The number of aromatic nitrogens is 3. The van der Waals surface area contributed by atoms with Gasteiger partial charge < -0.3 is 9.84 Å². The monoisotopic (exact) mass is 435 g/mol. The molecule has 4 aromatic rings. The molecule has 0 amide bonds. The van der Waals surface area contributed by atoms with Gasteiger partial charge in [-0.05, 0) is 49.4 Å². The van der Waals surface area contributed by atoms with E-state index in [1.54, 1.807) is 26.2 Å². The first-order valence-corrected chi connectivity index (χ1v) is 10.0. The lowest BCUT2D eigenvalue weighted by atomic mass is 10.2. The van der Waals surface area contributed by atoms with E-state index in [0.29, 0.717) is 16.5 Å². The van der Waals surface area contributed by atoms with Crippen LogP contribution in [0.1, 0.15) is 16.1 Å². The van der Waals surface area contributed by atoms with Crippen molar-refractivity contribution in [2.45, 2.75) is 6.92 Å². The number of carboxylic acid groups (broad SMARTS) is 1. The normalized spacial score (nSPS) is 11.2. The number of nitrogens with zero attached hydrogens (tertiary/aromatic N) is 4. The van der Waals surface area contributed by atoms with Crippen molar-refractivity contribution in [2.75, 3.05) is 7.11 Å². The first-order chi connectivity index (χ1) is 15.0. The Hall–Kier alpha value is -4.05. The van der Waals surface area contributed by atoms with Gasteiger partial charge in [-0.3, -0.25) is 9.89 Å². The number of hydrogen-bond donors (Lipinski definition) is 2. The Balaban J connectivity index is 1.63. The van der Waals surface area contributed by atoms with E-state index in [2.05, 4.69) is 20.3 Å². The summed E-state index contributed by atoms with van der Waals surface area (Å²) in [7, 11) is 1.60. The van der Waals surface area contributed by atoms with Gasteiger partial charge in [0.1, 0.15) is 5.75 Å². The zero-order valence-corrected chi connectivity index (χ0v) is 17.4. The predicted octanol–water partition coefficient (Wildman–Crippen LogP) is 4.72. The highest BCUT2D eigenvalue weighted by Gasteiger charge is 2.15. The third-order valence-electron chi connectivity index (χ3n) is 4.47. The van der Waals surface area contributed by atoms with E-state index in [1.807, 2.05) is 29.6 Å². The van der Waals surface area contributed by atoms with Crippen LogP contribution >= 0.6 is 11.3 Å². The lowest BCUT2D eigenvalue weighted by Crippen LogP contribution is -2.13. The highest BCUT2D eigenvalue weighted by Crippen LogP contribution is 2.26. The number of methoxy groups -OCH3 is 1. The summed E-state index contributed by atoms with van der Waals surface area (Å²) >= 11 is 1.32. The average molecular weight is 435 g/mol. The van der Waals surface area contributed by atoms with E-state index < -0.39 is 11.5 Å². The molecule has 0 saturated carbocycles. The van der Waals surface area contributed by atoms with Crippen LogP contribution < -0.4 is 10.3 Å². The molecular formula is C21H17N5O4S. The fourth-order valence-electron chi connectivity index (χ4n) is 2.86. The van der Waals surface area contributed by atoms with Crippen LogP contribution in [-0.4, -0.2) is 33.0 Å². The smallest absolute Gasteiger partial charge is 0.335 e. The van der Waals surface area contributed by atoms with Crippen molar-refractivity contribution < 1.29 is 14.6 Å². The Bertz CT molecular complexity index is 1330. The highest BCUT2D eigenvalue weighted by molar-refractivity contribution is 7.12. The van der Waals surface area contributed by atoms with Crippen molar-refractivity contribution in [3.8, 4) is 22.1 Å². The Kier molecular flexibility index (Phi) is 5.46. The number of rotatable bonds is 6. The SMILES string of the molecule is COc1ccc(-c2csc(-n3[nH]c(C)c(N=Nc4cccc(C(=O)O)c4)c3=O)n2)cc1. The predicted molar refractivity (Wildman–Crippen MR) is 116 cm³/mol. The summed E-state index contributed by atoms with van der Waals surface area (Å²) in [6.45, 7) is 1.71. The maximum absolute atomic E-state index is 12.8. The summed E-state index contributed by atoms with van der Waals surface area (Å²) in [5.74, 6) is -0.312. The molecule has 0 atom stereocenters. The minimum absolute atomic E-state index is 0.0912. The van der Waals surface area contributed by atoms with Crippen molar-refractivity contribution >= 4 is 28.7 Å². The molecule has 0 radical (unpaired) electrons. The fourth-order valence-corrected chi connectivity index (χ4v) is 3.65. The number of aryl methyl sites for hydroxylation is 1. The molecule has 2 aromatic heterocycles. The van der Waals surface area contributed by atoms with Gasteiger partial charge in [0.25, 0.3) is 0 Å². The molecule has 2 aromatic carbocycles. The number of ether oxygens (including phenoxy) is 1. The Morgan fingerprint density at radius 1 is 1.19 bits per heavy atom. The number of aromatic amines is 1. The summed E-state index contributed by atoms with van der Waals surface area (Å²) in [4.78, 5) is 28.5. The third-order valence-corrected chi connectivity index (χ3v) is 5.29. The number of aromatic carboxylic acids is 1. The molecule has 0 aliphatic carbocycles. The van der Waals surface area contributed by atoms with Crippen LogP contribution in [0.25, 0.3) is 16.4 Å². The van der Waals surface area contributed by atoms with Gasteiger partial charge in [-0.1, -0.05) is 6.07 Å². The van der Waals surface area contributed by atoms with Crippen LogP contribution in [0.2, 0.25) is 0 Å². The number of benzene rings is 2. The van der Waals surface area contributed by atoms with E-state index in [0.717, 1.165) is 17.0 Å². The molecule has 0 aliphatic heterocycles. The molecule has 0 unspecified atom stereocenters. The number of azo groups is 1. The Morgan fingerprint density at radius 3 is 2.68 bits per heavy atom. The average Bonchev–Trinajstić information content (AvgIpc) is 3.37. The van der Waals surface area contributed by atoms with Crippen LogP contribution in [0.5, 0.6) is 5.75 Å². The van der Waals surface area contributed by atoms with Crippen molar-refractivity contribution in [3.05, 3.63) is 75.5 Å². The molecule has 4 rings (SSSR count). The molecule has 2 N–H and O–H groups in total. The van der Waals surface area contributed by atoms with Crippen molar-refractivity contribution in [2.24, 2.45) is 10.2 Å². The van der Waals surface area contributed by atoms with Gasteiger partial charge in [-0.2, -0.15) is 9.80 Å². The minimum atomic E-state index is -1.06. The number of hydrogen-bond acceptors (Lipinski definition) is 7. The van der Waals surface area contributed by atoms with Crippen molar-refractivity contribution in [1.29, 1.82) is 0 Å². The number of carboxylic acids is 1. The van der Waals surface area contributed by atoms with Gasteiger partial charge in [0.2, 0.25) is 5.13 Å². The maximum Gasteiger partial charge on any atom is 0.335 e. The largest absolute Gasteiger partial charge is 0.497 e. The molecular weight excluding hydrogens is 418 g/mol. The second-order valence-corrected chi connectivity index (χ2v) is 7.36. The standard InChI is InChI=1S/C21H17N5O4S/c1-12-18(24-23-15-5-3-4-14(10-15)20(28)29)19(27)26(25-12)21-22-17(11-31-21)13-6-8-16(30-2)9-7-13/h3-11,25H,1-2H3,(H,28,29). The third kappa shape index (κ3) is 4.14. The van der Waals surface area contributed by atoms with Gasteiger partial charge in [0.05, 0.1) is 29.7 Å². The van der Waals surface area contributed by atoms with Crippen LogP contribution in [0.15, 0.2) is 68.9 Å². The topological polar surface area (TPSA) is 122 Å². The number of H-pyrrole nitrogens is 1. The second-order valence-electron chi connectivity index (χ2n) is 6.53. The van der Waals surface area contributed by atoms with E-state index in [1.165, 1.54) is 28.2 Å². The number of nitrogens with one attached hydrogen (secondary N) is 1. The zero-order chi connectivity index (χ0) is 22.0. The second kappa shape index (κ2) is 8.36. The molecule has 2 heterocycles. The Morgan fingerprint density at radius 2 is 1.97 bits per heavy atom. The van der Waals surface area contributed by atoms with E-state index >= 15 is 0 Å². The van der Waals surface area contributed by atoms with Crippen molar-refractivity contribution in [3.63, 3.8) is 0 Å². The van der Waals surface area contributed by atoms with Crippen LogP contribution in [0.3, 0.4) is 0 Å². The maximum atomic E-state index is 12.8. The van der Waals surface area contributed by atoms with E-state index in [9.17, 15) is 9.59 Å². The van der Waals surface area contributed by atoms with E-state index in [-0.39, 0.29) is 11.3 Å². The van der Waals surface area contributed by atoms with Gasteiger partial charge in [0, 0.05) is 10.9 Å². The summed E-state index contributed by atoms with van der Waals surface area (Å²) in [6.07, 6.45) is 0. The highest BCUT2D eigenvalue weighted by atomic mass is 32.1. The molecule has 0 fully saturated rings. The van der Waals surface area contributed by atoms with Crippen LogP contribution in [0, 0.1) is 6.92 Å². The Labute approximate surface area is 180 Å². The first kappa shape index (κ1) is 20.2. The summed E-state index contributed by atoms with van der Waals surface area (Å²) in [5, 5.41) is 22.4. The van der Waals surface area contributed by atoms with Gasteiger partial charge in [-0.25, -0.2) is 9.78 Å². The molecule has 156 valence electrons. The number of carbonyl (C=O) groups is 1. The van der Waals surface area contributed by atoms with Gasteiger partial charge in [-0.15, -0.1) is 16.5 Å². The van der Waals surface area contributed by atoms with Crippen LogP contribution in [-0.2, 0) is 0 Å². The molecule has 0 saturated heterocycles. The molecule has 10 heteroatoms. The summed E-state index contributed by atoms with van der Waals surface area (Å²) in [6, 6.07) is 13.5. The lowest BCUT2D eigenvalue weighted by molar-refractivity contribution is 0.0697. The fraction of sp³-hybridized carbons (Fsp3) is 0.0952. The summed E-state index contributed by atoms with van der Waals surface area (Å²) < 4.78 is 6.48. The minimum Gasteiger partial charge on any atom is -0.497 e. The first-order valence-electron chi connectivity index (χ1n) is 9.13. The van der Waals surface area contributed by atoms with E-state index in [4.69, 9.17) is 9.84 Å². The molecule has 0 aliphatic rings. The zero-order valence-electron chi connectivity index (χ0n) is 16.6. The van der Waals surface area contributed by atoms with Crippen LogP contribution in [0.4, 0.5) is 11.4 Å². The lowest BCUT2D eigenvalue weighted by Gasteiger charge is -2.00. The molecule has 31 heavy (non-hydrogen) atoms. The number of thiazole rings is 1. The molecule has 0 spiro atoms. The summed E-state index contributed by atoms with van der Waals surface area (Å²) in [5.41, 5.74) is 2.31.